The molecule has 3 rings (SSSR count). The summed E-state index contributed by atoms with van der Waals surface area (Å²) in [7, 11) is 0. The average Bonchev–Trinajstić information content (AvgIpc) is 2.64. The number of halogens is 3. The van der Waals surface area contributed by atoms with Gasteiger partial charge in [0.25, 0.3) is 11.8 Å². The summed E-state index contributed by atoms with van der Waals surface area (Å²) in [5, 5.41) is 5.69. The first kappa shape index (κ1) is 18.5. The average molecular weight is 387 g/mol. The molecule has 0 saturated heterocycles. The highest BCUT2D eigenvalue weighted by molar-refractivity contribution is 6.30. The first-order valence-corrected chi connectivity index (χ1v) is 8.24. The number of carbonyl (C=O) groups is 2. The normalized spacial score (nSPS) is 10.3. The highest BCUT2D eigenvalue weighted by atomic mass is 35.5. The molecule has 136 valence electrons. The monoisotopic (exact) mass is 386 g/mol. The summed E-state index contributed by atoms with van der Waals surface area (Å²) >= 11 is 5.81. The fourth-order valence-corrected chi connectivity index (χ4v) is 2.51. The van der Waals surface area contributed by atoms with E-state index in [4.69, 9.17) is 11.6 Å². The molecule has 3 aromatic carbocycles. The Labute approximate surface area is 158 Å². The van der Waals surface area contributed by atoms with Crippen LogP contribution in [0.15, 0.2) is 66.7 Å². The van der Waals surface area contributed by atoms with E-state index in [2.05, 4.69) is 10.6 Å². The molecule has 0 fully saturated rings. The first-order valence-electron chi connectivity index (χ1n) is 7.86. The van der Waals surface area contributed by atoms with Gasteiger partial charge in [-0.15, -0.1) is 0 Å². The van der Waals surface area contributed by atoms with Gasteiger partial charge in [0.15, 0.2) is 0 Å². The molecule has 0 aliphatic heterocycles. The van der Waals surface area contributed by atoms with E-state index in [1.807, 2.05) is 0 Å². The van der Waals surface area contributed by atoms with Crippen LogP contribution in [0.4, 0.5) is 20.2 Å². The number of carbonyl (C=O) groups excluding carboxylic acids is 2. The van der Waals surface area contributed by atoms with Gasteiger partial charge >= 0.3 is 0 Å². The molecule has 2 amide bonds. The highest BCUT2D eigenvalue weighted by Gasteiger charge is 2.17. The van der Waals surface area contributed by atoms with Crippen LogP contribution < -0.4 is 10.6 Å². The van der Waals surface area contributed by atoms with E-state index >= 15 is 0 Å². The third kappa shape index (κ3) is 4.48. The van der Waals surface area contributed by atoms with Crippen molar-refractivity contribution in [3.8, 4) is 0 Å². The summed E-state index contributed by atoms with van der Waals surface area (Å²) in [5.41, 5.74) is 0.570. The lowest BCUT2D eigenvalue weighted by Crippen LogP contribution is -2.19. The largest absolute Gasteiger partial charge is 0.322 e. The van der Waals surface area contributed by atoms with E-state index in [0.29, 0.717) is 16.8 Å². The van der Waals surface area contributed by atoms with Crippen molar-refractivity contribution in [1.29, 1.82) is 0 Å². The van der Waals surface area contributed by atoms with Gasteiger partial charge in [0.1, 0.15) is 11.6 Å². The second kappa shape index (κ2) is 7.97. The van der Waals surface area contributed by atoms with Crippen LogP contribution in [0.25, 0.3) is 0 Å². The van der Waals surface area contributed by atoms with Crippen molar-refractivity contribution >= 4 is 34.8 Å². The highest BCUT2D eigenvalue weighted by Crippen LogP contribution is 2.20. The number of amides is 2. The van der Waals surface area contributed by atoms with Crippen molar-refractivity contribution in [2.24, 2.45) is 0 Å². The maximum Gasteiger partial charge on any atom is 0.258 e. The Morgan fingerprint density at radius 3 is 2.15 bits per heavy atom. The van der Waals surface area contributed by atoms with Gasteiger partial charge in [-0.2, -0.15) is 0 Å². The van der Waals surface area contributed by atoms with Crippen LogP contribution in [-0.4, -0.2) is 11.8 Å². The second-order valence-electron chi connectivity index (χ2n) is 5.58. The van der Waals surface area contributed by atoms with Crippen molar-refractivity contribution in [2.45, 2.75) is 0 Å². The van der Waals surface area contributed by atoms with E-state index < -0.39 is 23.4 Å². The summed E-state index contributed by atoms with van der Waals surface area (Å²) < 4.78 is 26.8. The molecule has 3 aromatic rings. The zero-order chi connectivity index (χ0) is 19.4. The smallest absolute Gasteiger partial charge is 0.258 e. The summed E-state index contributed by atoms with van der Waals surface area (Å²) in [5.74, 6) is -3.03. The molecular formula is C20H13ClF2N2O2. The summed E-state index contributed by atoms with van der Waals surface area (Å²) in [6.45, 7) is 0. The van der Waals surface area contributed by atoms with Gasteiger partial charge in [0.2, 0.25) is 0 Å². The quantitative estimate of drug-likeness (QED) is 0.653. The predicted octanol–water partition coefficient (Wildman–Crippen LogP) is 5.12. The Kier molecular flexibility index (Phi) is 5.47. The molecule has 0 bridgehead atoms. The van der Waals surface area contributed by atoms with Gasteiger partial charge in [-0.25, -0.2) is 8.78 Å². The lowest BCUT2D eigenvalue weighted by Gasteiger charge is -2.12. The number of rotatable bonds is 4. The Morgan fingerprint density at radius 2 is 1.44 bits per heavy atom. The van der Waals surface area contributed by atoms with Gasteiger partial charge in [0.05, 0.1) is 16.8 Å². The minimum absolute atomic E-state index is 0.184. The molecule has 2 N–H and O–H groups in total. The maximum atomic E-state index is 13.8. The molecular weight excluding hydrogens is 374 g/mol. The van der Waals surface area contributed by atoms with Crippen LogP contribution in [-0.2, 0) is 0 Å². The van der Waals surface area contributed by atoms with E-state index in [1.54, 1.807) is 36.4 Å². The molecule has 0 atom stereocenters. The van der Waals surface area contributed by atoms with Crippen molar-refractivity contribution in [3.05, 3.63) is 94.5 Å². The SMILES string of the molecule is O=C(Nc1ccccc1C(=O)Nc1ccc(Cl)cc1)c1ccc(F)cc1F. The maximum absolute atomic E-state index is 13.8. The van der Waals surface area contributed by atoms with Crippen LogP contribution >= 0.6 is 11.6 Å². The van der Waals surface area contributed by atoms with Crippen LogP contribution in [0, 0.1) is 11.6 Å². The van der Waals surface area contributed by atoms with Crippen LogP contribution in [0.5, 0.6) is 0 Å². The first-order chi connectivity index (χ1) is 12.9. The topological polar surface area (TPSA) is 58.2 Å². The third-order valence-electron chi connectivity index (χ3n) is 3.70. The van der Waals surface area contributed by atoms with Gasteiger partial charge in [-0.1, -0.05) is 23.7 Å². The standard InChI is InChI=1S/C20H13ClF2N2O2/c21-12-5-8-14(9-6-12)24-20(27)16-3-1-2-4-18(16)25-19(26)15-10-7-13(22)11-17(15)23/h1-11H,(H,24,27)(H,25,26). The van der Waals surface area contributed by atoms with Crippen molar-refractivity contribution < 1.29 is 18.4 Å². The predicted molar refractivity (Wildman–Crippen MR) is 100 cm³/mol. The number of hydrogen-bond acceptors (Lipinski definition) is 2. The van der Waals surface area contributed by atoms with Crippen LogP contribution in [0.1, 0.15) is 20.7 Å². The molecule has 0 radical (unpaired) electrons. The Balaban J connectivity index is 1.82. The van der Waals surface area contributed by atoms with Crippen LogP contribution in [0.3, 0.4) is 0 Å². The van der Waals surface area contributed by atoms with Crippen molar-refractivity contribution in [1.82, 2.24) is 0 Å². The zero-order valence-electron chi connectivity index (χ0n) is 13.8. The van der Waals surface area contributed by atoms with Gasteiger partial charge < -0.3 is 10.6 Å². The molecule has 0 aliphatic rings. The van der Waals surface area contributed by atoms with Gasteiger partial charge in [-0.05, 0) is 48.5 Å². The number of hydrogen-bond donors (Lipinski definition) is 2. The molecule has 4 nitrogen and oxygen atoms in total. The van der Waals surface area contributed by atoms with E-state index in [0.717, 1.165) is 12.1 Å². The second-order valence-corrected chi connectivity index (χ2v) is 6.02. The number of para-hydroxylation sites is 1. The third-order valence-corrected chi connectivity index (χ3v) is 3.95. The van der Waals surface area contributed by atoms with Crippen molar-refractivity contribution in [3.63, 3.8) is 0 Å². The molecule has 7 heteroatoms. The van der Waals surface area contributed by atoms with Crippen molar-refractivity contribution in [2.75, 3.05) is 10.6 Å². The lowest BCUT2D eigenvalue weighted by molar-refractivity contribution is 0.102. The molecule has 0 spiro atoms. The van der Waals surface area contributed by atoms with E-state index in [9.17, 15) is 18.4 Å². The lowest BCUT2D eigenvalue weighted by atomic mass is 10.1. The minimum Gasteiger partial charge on any atom is -0.322 e. The summed E-state index contributed by atoms with van der Waals surface area (Å²) in [6, 6.07) is 15.4. The molecule has 0 heterocycles. The molecule has 0 aromatic heterocycles. The minimum atomic E-state index is -0.990. The Morgan fingerprint density at radius 1 is 0.778 bits per heavy atom. The Hall–Kier alpha value is -3.25. The molecule has 0 unspecified atom stereocenters. The Bertz CT molecular complexity index is 1010. The zero-order valence-corrected chi connectivity index (χ0v) is 14.6. The number of anilines is 2. The fourth-order valence-electron chi connectivity index (χ4n) is 2.39. The van der Waals surface area contributed by atoms with Crippen LogP contribution in [0.2, 0.25) is 5.02 Å². The van der Waals surface area contributed by atoms with Gasteiger partial charge in [0, 0.05) is 16.8 Å². The number of benzene rings is 3. The number of nitrogens with one attached hydrogen (secondary N) is 2. The molecule has 27 heavy (non-hydrogen) atoms. The summed E-state index contributed by atoms with van der Waals surface area (Å²) in [6.07, 6.45) is 0. The van der Waals surface area contributed by atoms with E-state index in [1.165, 1.54) is 12.1 Å². The fraction of sp³-hybridized carbons (Fsp3) is 0. The van der Waals surface area contributed by atoms with Gasteiger partial charge in [-0.3, -0.25) is 9.59 Å². The molecule has 0 aliphatic carbocycles. The van der Waals surface area contributed by atoms with E-state index in [-0.39, 0.29) is 16.8 Å². The summed E-state index contributed by atoms with van der Waals surface area (Å²) in [4.78, 5) is 24.8. The molecule has 0 saturated carbocycles.